The Hall–Kier alpha value is -1.45. The number of benzene rings is 1. The first-order chi connectivity index (χ1) is 7.85. The van der Waals surface area contributed by atoms with E-state index in [9.17, 15) is 0 Å². The van der Waals surface area contributed by atoms with E-state index in [1.807, 2.05) is 19.2 Å². The third-order valence-corrected chi connectivity index (χ3v) is 2.80. The molecule has 0 bridgehead atoms. The second kappa shape index (κ2) is 5.05. The molecule has 16 heavy (non-hydrogen) atoms. The zero-order valence-corrected chi connectivity index (χ0v) is 9.35. The lowest BCUT2D eigenvalue weighted by Gasteiger charge is -2.15. The molecule has 0 aliphatic rings. The number of aliphatic hydroxyl groups excluding tert-OH is 1. The average molecular weight is 216 g/mol. The fraction of sp³-hybridized carbons (Fsp3) is 0.308. The van der Waals surface area contributed by atoms with Crippen LogP contribution in [0.15, 0.2) is 36.5 Å². The number of nitrogens with zero attached hydrogens (tertiary/aromatic N) is 1. The molecular weight excluding hydrogens is 200 g/mol. The van der Waals surface area contributed by atoms with Gasteiger partial charge in [-0.15, -0.1) is 0 Å². The fourth-order valence-corrected chi connectivity index (χ4v) is 1.92. The quantitative estimate of drug-likeness (QED) is 0.820. The Morgan fingerprint density at radius 3 is 3.00 bits per heavy atom. The number of aliphatic hydroxyl groups is 1. The lowest BCUT2D eigenvalue weighted by molar-refractivity contribution is 0.269. The van der Waals surface area contributed by atoms with E-state index >= 15 is 0 Å². The van der Waals surface area contributed by atoms with Gasteiger partial charge in [0.1, 0.15) is 0 Å². The van der Waals surface area contributed by atoms with Crippen molar-refractivity contribution in [3.63, 3.8) is 0 Å². The van der Waals surface area contributed by atoms with Crippen molar-refractivity contribution in [3.05, 3.63) is 42.1 Å². The van der Waals surface area contributed by atoms with E-state index in [1.165, 1.54) is 5.56 Å². The molecule has 3 nitrogen and oxygen atoms in total. The number of pyridine rings is 1. The summed E-state index contributed by atoms with van der Waals surface area (Å²) in [6.07, 6.45) is 2.52. The van der Waals surface area contributed by atoms with Crippen molar-refractivity contribution in [3.8, 4) is 0 Å². The summed E-state index contributed by atoms with van der Waals surface area (Å²) in [7, 11) is 1.91. The third kappa shape index (κ3) is 2.21. The Balaban J connectivity index is 2.37. The van der Waals surface area contributed by atoms with Crippen molar-refractivity contribution < 1.29 is 5.11 Å². The highest BCUT2D eigenvalue weighted by atomic mass is 16.3. The van der Waals surface area contributed by atoms with Gasteiger partial charge in [-0.1, -0.05) is 12.1 Å². The van der Waals surface area contributed by atoms with Crippen LogP contribution in [0.5, 0.6) is 0 Å². The lowest BCUT2D eigenvalue weighted by Crippen LogP contribution is -2.17. The lowest BCUT2D eigenvalue weighted by atomic mass is 10.0. The fourth-order valence-electron chi connectivity index (χ4n) is 1.92. The van der Waals surface area contributed by atoms with Crippen LogP contribution < -0.4 is 5.32 Å². The van der Waals surface area contributed by atoms with Crippen LogP contribution in [0.2, 0.25) is 0 Å². The topological polar surface area (TPSA) is 45.1 Å². The predicted octanol–water partition coefficient (Wildman–Crippen LogP) is 1.88. The van der Waals surface area contributed by atoms with Gasteiger partial charge in [-0.3, -0.25) is 4.98 Å². The van der Waals surface area contributed by atoms with Crippen molar-refractivity contribution in [1.29, 1.82) is 0 Å². The van der Waals surface area contributed by atoms with Crippen LogP contribution in [0.25, 0.3) is 10.9 Å². The molecule has 2 aromatic rings. The number of rotatable bonds is 4. The summed E-state index contributed by atoms with van der Waals surface area (Å²) in [6.45, 7) is 0.191. The molecule has 0 spiro atoms. The van der Waals surface area contributed by atoms with Crippen LogP contribution in [0, 0.1) is 0 Å². The highest BCUT2D eigenvalue weighted by molar-refractivity contribution is 5.79. The Labute approximate surface area is 95.1 Å². The zero-order valence-electron chi connectivity index (χ0n) is 9.35. The maximum atomic E-state index is 8.99. The van der Waals surface area contributed by atoms with Gasteiger partial charge in [-0.05, 0) is 37.2 Å². The molecule has 1 aromatic heterocycles. The number of aromatic nitrogens is 1. The molecule has 1 unspecified atom stereocenters. The van der Waals surface area contributed by atoms with Crippen LogP contribution in [0.3, 0.4) is 0 Å². The van der Waals surface area contributed by atoms with Crippen LogP contribution in [0.1, 0.15) is 18.0 Å². The summed E-state index contributed by atoms with van der Waals surface area (Å²) in [6, 6.07) is 10.4. The zero-order chi connectivity index (χ0) is 11.4. The minimum atomic E-state index is 0.191. The maximum Gasteiger partial charge on any atom is 0.0702 e. The number of fused-ring (bicyclic) bond motifs is 1. The van der Waals surface area contributed by atoms with E-state index in [1.54, 1.807) is 6.20 Å². The van der Waals surface area contributed by atoms with Gasteiger partial charge in [-0.25, -0.2) is 0 Å². The van der Waals surface area contributed by atoms with E-state index in [-0.39, 0.29) is 12.6 Å². The van der Waals surface area contributed by atoms with Gasteiger partial charge in [0.2, 0.25) is 0 Å². The monoisotopic (exact) mass is 216 g/mol. The summed E-state index contributed by atoms with van der Waals surface area (Å²) in [4.78, 5) is 4.28. The average Bonchev–Trinajstić information content (AvgIpc) is 2.35. The highest BCUT2D eigenvalue weighted by Crippen LogP contribution is 2.20. The minimum Gasteiger partial charge on any atom is -0.396 e. The standard InChI is InChI=1S/C13H16N2O/c1-14-12(6-8-16)11-4-5-13-10(9-11)3-2-7-15-13/h2-5,7,9,12,14,16H,6,8H2,1H3. The Kier molecular flexibility index (Phi) is 3.49. The molecule has 1 aromatic carbocycles. The van der Waals surface area contributed by atoms with Crippen LogP contribution in [-0.2, 0) is 0 Å². The molecule has 0 saturated heterocycles. The van der Waals surface area contributed by atoms with Crippen LogP contribution in [0.4, 0.5) is 0 Å². The molecule has 2 rings (SSSR count). The van der Waals surface area contributed by atoms with Gasteiger partial charge < -0.3 is 10.4 Å². The molecule has 0 saturated carbocycles. The number of hydrogen-bond acceptors (Lipinski definition) is 3. The normalized spacial score (nSPS) is 12.9. The van der Waals surface area contributed by atoms with Crippen molar-refractivity contribution in [1.82, 2.24) is 10.3 Å². The van der Waals surface area contributed by atoms with Gasteiger partial charge in [0.05, 0.1) is 5.52 Å². The van der Waals surface area contributed by atoms with Gasteiger partial charge in [-0.2, -0.15) is 0 Å². The molecule has 1 atom stereocenters. The second-order valence-corrected chi connectivity index (χ2v) is 3.81. The molecule has 0 radical (unpaired) electrons. The molecule has 84 valence electrons. The summed E-state index contributed by atoms with van der Waals surface area (Å²) in [5.74, 6) is 0. The first kappa shape index (κ1) is 11.0. The first-order valence-electron chi connectivity index (χ1n) is 5.48. The largest absolute Gasteiger partial charge is 0.396 e. The second-order valence-electron chi connectivity index (χ2n) is 3.81. The van der Waals surface area contributed by atoms with Crippen molar-refractivity contribution in [2.75, 3.05) is 13.7 Å². The molecule has 1 heterocycles. The van der Waals surface area contributed by atoms with Crippen molar-refractivity contribution >= 4 is 10.9 Å². The van der Waals surface area contributed by atoms with E-state index in [2.05, 4.69) is 28.5 Å². The summed E-state index contributed by atoms with van der Waals surface area (Å²) < 4.78 is 0. The maximum absolute atomic E-state index is 8.99. The molecular formula is C13H16N2O. The Morgan fingerprint density at radius 1 is 1.38 bits per heavy atom. The smallest absolute Gasteiger partial charge is 0.0702 e. The van der Waals surface area contributed by atoms with E-state index in [4.69, 9.17) is 5.11 Å². The minimum absolute atomic E-state index is 0.191. The van der Waals surface area contributed by atoms with E-state index < -0.39 is 0 Å². The molecule has 0 aliphatic heterocycles. The summed E-state index contributed by atoms with van der Waals surface area (Å²) in [5, 5.41) is 13.3. The molecule has 0 fully saturated rings. The van der Waals surface area contributed by atoms with Gasteiger partial charge in [0, 0.05) is 24.2 Å². The molecule has 0 aliphatic carbocycles. The third-order valence-electron chi connectivity index (χ3n) is 2.80. The molecule has 0 amide bonds. The number of nitrogens with one attached hydrogen (secondary N) is 1. The molecule has 3 heteroatoms. The van der Waals surface area contributed by atoms with Crippen LogP contribution >= 0.6 is 0 Å². The Bertz CT molecular complexity index is 470. The highest BCUT2D eigenvalue weighted by Gasteiger charge is 2.08. The van der Waals surface area contributed by atoms with Crippen molar-refractivity contribution in [2.24, 2.45) is 0 Å². The van der Waals surface area contributed by atoms with Gasteiger partial charge in [0.15, 0.2) is 0 Å². The number of hydrogen-bond donors (Lipinski definition) is 2. The predicted molar refractivity (Wildman–Crippen MR) is 65.2 cm³/mol. The van der Waals surface area contributed by atoms with Crippen LogP contribution in [-0.4, -0.2) is 23.7 Å². The summed E-state index contributed by atoms with van der Waals surface area (Å²) >= 11 is 0. The van der Waals surface area contributed by atoms with Gasteiger partial charge >= 0.3 is 0 Å². The SMILES string of the molecule is CNC(CCO)c1ccc2ncccc2c1. The van der Waals surface area contributed by atoms with E-state index in [0.29, 0.717) is 0 Å². The molecule has 2 N–H and O–H groups in total. The van der Waals surface area contributed by atoms with Crippen molar-refractivity contribution in [2.45, 2.75) is 12.5 Å². The Morgan fingerprint density at radius 2 is 2.25 bits per heavy atom. The van der Waals surface area contributed by atoms with E-state index in [0.717, 1.165) is 17.3 Å². The van der Waals surface area contributed by atoms with Gasteiger partial charge in [0.25, 0.3) is 0 Å². The summed E-state index contributed by atoms with van der Waals surface area (Å²) in [5.41, 5.74) is 2.20. The first-order valence-corrected chi connectivity index (χ1v) is 5.48.